The van der Waals surface area contributed by atoms with E-state index in [0.29, 0.717) is 11.3 Å². The van der Waals surface area contributed by atoms with Gasteiger partial charge in [0.2, 0.25) is 0 Å². The molecule has 0 aromatic heterocycles. The summed E-state index contributed by atoms with van der Waals surface area (Å²) < 4.78 is 6.11. The van der Waals surface area contributed by atoms with Gasteiger partial charge < -0.3 is 10.1 Å². The molecule has 0 aliphatic heterocycles. The third-order valence-corrected chi connectivity index (χ3v) is 3.11. The van der Waals surface area contributed by atoms with Crippen LogP contribution in [0.2, 0.25) is 0 Å². The number of hydrogen-bond donors (Lipinski definition) is 1. The van der Waals surface area contributed by atoms with Gasteiger partial charge >= 0.3 is 0 Å². The van der Waals surface area contributed by atoms with Crippen LogP contribution in [0.4, 0.5) is 5.69 Å². The second kappa shape index (κ2) is 5.89. The number of para-hydroxylation sites is 1. The molecule has 4 heteroatoms. The highest BCUT2D eigenvalue weighted by molar-refractivity contribution is 9.10. The van der Waals surface area contributed by atoms with Gasteiger partial charge in [0.05, 0.1) is 12.7 Å². The molecular formula is C15H14BrNO2. The number of rotatable bonds is 3. The van der Waals surface area contributed by atoms with Gasteiger partial charge in [0.15, 0.2) is 0 Å². The molecule has 0 saturated heterocycles. The molecular weight excluding hydrogens is 306 g/mol. The summed E-state index contributed by atoms with van der Waals surface area (Å²) in [5, 5.41) is 2.87. The van der Waals surface area contributed by atoms with Gasteiger partial charge in [-0.3, -0.25) is 4.79 Å². The second-order valence-corrected chi connectivity index (χ2v) is 5.09. The lowest BCUT2D eigenvalue weighted by Gasteiger charge is -2.10. The number of methoxy groups -OCH3 is 1. The Hall–Kier alpha value is -1.81. The van der Waals surface area contributed by atoms with Crippen LogP contribution in [-0.2, 0) is 0 Å². The maximum atomic E-state index is 12.2. The van der Waals surface area contributed by atoms with Gasteiger partial charge in [0.25, 0.3) is 5.91 Å². The smallest absolute Gasteiger partial charge is 0.259 e. The maximum Gasteiger partial charge on any atom is 0.259 e. The molecule has 98 valence electrons. The first-order chi connectivity index (χ1) is 9.10. The van der Waals surface area contributed by atoms with Crippen molar-refractivity contribution in [1.82, 2.24) is 0 Å². The van der Waals surface area contributed by atoms with Crippen LogP contribution in [0.15, 0.2) is 46.9 Å². The third-order valence-electron chi connectivity index (χ3n) is 2.65. The first-order valence-corrected chi connectivity index (χ1v) is 6.61. The summed E-state index contributed by atoms with van der Waals surface area (Å²) in [6, 6.07) is 12.9. The van der Waals surface area contributed by atoms with E-state index in [4.69, 9.17) is 4.74 Å². The quantitative estimate of drug-likeness (QED) is 0.928. The number of amides is 1. The van der Waals surface area contributed by atoms with E-state index in [9.17, 15) is 4.79 Å². The number of nitrogens with one attached hydrogen (secondary N) is 1. The summed E-state index contributed by atoms with van der Waals surface area (Å²) in [6.45, 7) is 1.98. The molecule has 0 fully saturated rings. The number of ether oxygens (including phenoxy) is 1. The number of hydrogen-bond acceptors (Lipinski definition) is 2. The number of carbonyl (C=O) groups excluding carboxylic acids is 1. The van der Waals surface area contributed by atoms with Crippen molar-refractivity contribution in [2.45, 2.75) is 6.92 Å². The molecule has 0 bridgehead atoms. The van der Waals surface area contributed by atoms with E-state index < -0.39 is 0 Å². The fourth-order valence-corrected chi connectivity index (χ4v) is 2.45. The van der Waals surface area contributed by atoms with Crippen molar-refractivity contribution in [3.8, 4) is 5.75 Å². The van der Waals surface area contributed by atoms with Crippen molar-refractivity contribution in [3.05, 3.63) is 58.1 Å². The summed E-state index contributed by atoms with van der Waals surface area (Å²) >= 11 is 3.41. The highest BCUT2D eigenvalue weighted by Gasteiger charge is 2.11. The lowest BCUT2D eigenvalue weighted by atomic mass is 10.1. The van der Waals surface area contributed by atoms with Gasteiger partial charge in [-0.25, -0.2) is 0 Å². The molecule has 2 aromatic carbocycles. The Balaban J connectivity index is 2.25. The van der Waals surface area contributed by atoms with Gasteiger partial charge in [0, 0.05) is 10.2 Å². The third kappa shape index (κ3) is 3.35. The summed E-state index contributed by atoms with van der Waals surface area (Å²) in [7, 11) is 1.55. The molecule has 1 amide bonds. The Labute approximate surface area is 120 Å². The Bertz CT molecular complexity index is 591. The van der Waals surface area contributed by atoms with Gasteiger partial charge in [-0.15, -0.1) is 0 Å². The van der Waals surface area contributed by atoms with Crippen LogP contribution < -0.4 is 10.1 Å². The van der Waals surface area contributed by atoms with Gasteiger partial charge in [0.1, 0.15) is 5.75 Å². The van der Waals surface area contributed by atoms with E-state index in [1.165, 1.54) is 0 Å². The van der Waals surface area contributed by atoms with Crippen LogP contribution in [0, 0.1) is 6.92 Å². The van der Waals surface area contributed by atoms with Crippen molar-refractivity contribution in [1.29, 1.82) is 0 Å². The molecule has 0 unspecified atom stereocenters. The number of aryl methyl sites for hydroxylation is 1. The number of anilines is 1. The highest BCUT2D eigenvalue weighted by atomic mass is 79.9. The zero-order chi connectivity index (χ0) is 13.8. The van der Waals surface area contributed by atoms with Crippen molar-refractivity contribution in [2.24, 2.45) is 0 Å². The molecule has 0 spiro atoms. The predicted molar refractivity (Wildman–Crippen MR) is 79.8 cm³/mol. The summed E-state index contributed by atoms with van der Waals surface area (Å²) in [6.07, 6.45) is 0. The predicted octanol–water partition coefficient (Wildman–Crippen LogP) is 4.02. The van der Waals surface area contributed by atoms with E-state index in [1.54, 1.807) is 19.2 Å². The Morgan fingerprint density at radius 3 is 2.63 bits per heavy atom. The highest BCUT2D eigenvalue weighted by Crippen LogP contribution is 2.22. The Morgan fingerprint density at radius 2 is 1.95 bits per heavy atom. The molecule has 0 radical (unpaired) electrons. The van der Waals surface area contributed by atoms with E-state index in [-0.39, 0.29) is 5.91 Å². The average molecular weight is 320 g/mol. The lowest BCUT2D eigenvalue weighted by molar-refractivity contribution is 0.102. The topological polar surface area (TPSA) is 38.3 Å². The van der Waals surface area contributed by atoms with Gasteiger partial charge in [-0.2, -0.15) is 0 Å². The minimum Gasteiger partial charge on any atom is -0.496 e. The summed E-state index contributed by atoms with van der Waals surface area (Å²) in [5.74, 6) is 0.377. The molecule has 0 saturated carbocycles. The molecule has 0 atom stereocenters. The monoisotopic (exact) mass is 319 g/mol. The van der Waals surface area contributed by atoms with Crippen LogP contribution in [0.3, 0.4) is 0 Å². The molecule has 1 N–H and O–H groups in total. The molecule has 2 aromatic rings. The number of benzene rings is 2. The van der Waals surface area contributed by atoms with Crippen LogP contribution in [0.1, 0.15) is 15.9 Å². The van der Waals surface area contributed by atoms with E-state index >= 15 is 0 Å². The summed E-state index contributed by atoms with van der Waals surface area (Å²) in [5.41, 5.74) is 2.34. The first-order valence-electron chi connectivity index (χ1n) is 5.81. The SMILES string of the molecule is COc1ccccc1C(=O)Nc1cc(C)cc(Br)c1. The second-order valence-electron chi connectivity index (χ2n) is 4.17. The standard InChI is InChI=1S/C15H14BrNO2/c1-10-7-11(16)9-12(8-10)17-15(18)13-5-3-4-6-14(13)19-2/h3-9H,1-2H3,(H,17,18). The van der Waals surface area contributed by atoms with Crippen LogP contribution in [-0.4, -0.2) is 13.0 Å². The minimum atomic E-state index is -0.185. The van der Waals surface area contributed by atoms with Gasteiger partial charge in [-0.05, 0) is 42.8 Å². The number of carbonyl (C=O) groups is 1. The van der Waals surface area contributed by atoms with Crippen molar-refractivity contribution in [2.75, 3.05) is 12.4 Å². The average Bonchev–Trinajstić information content (AvgIpc) is 2.37. The molecule has 0 aliphatic carbocycles. The summed E-state index contributed by atoms with van der Waals surface area (Å²) in [4.78, 5) is 12.2. The number of halogens is 1. The Kier molecular flexibility index (Phi) is 4.22. The van der Waals surface area contributed by atoms with Gasteiger partial charge in [-0.1, -0.05) is 28.1 Å². The normalized spacial score (nSPS) is 10.1. The Morgan fingerprint density at radius 1 is 1.21 bits per heavy atom. The maximum absolute atomic E-state index is 12.2. The molecule has 19 heavy (non-hydrogen) atoms. The van der Waals surface area contributed by atoms with Crippen LogP contribution in [0.5, 0.6) is 5.75 Å². The molecule has 2 rings (SSSR count). The van der Waals surface area contributed by atoms with Crippen LogP contribution in [0.25, 0.3) is 0 Å². The van der Waals surface area contributed by atoms with Crippen molar-refractivity contribution in [3.63, 3.8) is 0 Å². The zero-order valence-electron chi connectivity index (χ0n) is 10.7. The largest absolute Gasteiger partial charge is 0.496 e. The first kappa shape index (κ1) is 13.6. The fourth-order valence-electron chi connectivity index (χ4n) is 1.84. The van der Waals surface area contributed by atoms with Crippen LogP contribution >= 0.6 is 15.9 Å². The molecule has 0 heterocycles. The van der Waals surface area contributed by atoms with Crippen molar-refractivity contribution < 1.29 is 9.53 Å². The zero-order valence-corrected chi connectivity index (χ0v) is 12.3. The molecule has 3 nitrogen and oxygen atoms in total. The van der Waals surface area contributed by atoms with E-state index in [2.05, 4.69) is 21.2 Å². The van der Waals surface area contributed by atoms with E-state index in [1.807, 2.05) is 37.3 Å². The molecule has 0 aliphatic rings. The fraction of sp³-hybridized carbons (Fsp3) is 0.133. The van der Waals surface area contributed by atoms with E-state index in [0.717, 1.165) is 15.7 Å². The van der Waals surface area contributed by atoms with Crippen molar-refractivity contribution >= 4 is 27.5 Å². The minimum absolute atomic E-state index is 0.185. The lowest BCUT2D eigenvalue weighted by Crippen LogP contribution is -2.13.